The second-order valence-corrected chi connectivity index (χ2v) is 3.69. The smallest absolute Gasteiger partial charge is 0.0626 e. The molecule has 0 saturated heterocycles. The van der Waals surface area contributed by atoms with Crippen LogP contribution in [-0.2, 0) is 6.42 Å². The van der Waals surface area contributed by atoms with Crippen LogP contribution in [0.1, 0.15) is 30.8 Å². The highest BCUT2D eigenvalue weighted by Crippen LogP contribution is 2.10. The largest absolute Gasteiger partial charge is 0.304 e. The van der Waals surface area contributed by atoms with E-state index in [-0.39, 0.29) is 0 Å². The van der Waals surface area contributed by atoms with Crippen molar-refractivity contribution in [2.24, 2.45) is 0 Å². The van der Waals surface area contributed by atoms with Crippen LogP contribution in [0.4, 0.5) is 0 Å². The lowest BCUT2D eigenvalue weighted by Crippen LogP contribution is -2.25. The van der Waals surface area contributed by atoms with Gasteiger partial charge >= 0.3 is 0 Å². The Hall–Kier alpha value is -0.830. The molecule has 0 aliphatic carbocycles. The fourth-order valence-corrected chi connectivity index (χ4v) is 1.75. The van der Waals surface area contributed by atoms with Gasteiger partial charge in [0.25, 0.3) is 0 Å². The van der Waals surface area contributed by atoms with Crippen LogP contribution in [0.25, 0.3) is 0 Å². The summed E-state index contributed by atoms with van der Waals surface area (Å²) in [4.78, 5) is 2.44. The van der Waals surface area contributed by atoms with Gasteiger partial charge in [0, 0.05) is 12.2 Å². The lowest BCUT2D eigenvalue weighted by Gasteiger charge is -2.17. The monoisotopic (exact) mass is 195 g/mol. The van der Waals surface area contributed by atoms with Crippen molar-refractivity contribution in [3.05, 3.63) is 17.0 Å². The molecule has 0 unspecified atom stereocenters. The lowest BCUT2D eigenvalue weighted by molar-refractivity contribution is 0.307. The number of aromatic amines is 1. The Morgan fingerprint density at radius 1 is 1.21 bits per heavy atom. The third kappa shape index (κ3) is 2.58. The summed E-state index contributed by atoms with van der Waals surface area (Å²) in [6.45, 7) is 12.0. The Kier molecular flexibility index (Phi) is 4.14. The molecule has 0 atom stereocenters. The maximum atomic E-state index is 4.20. The SMILES string of the molecule is CCN(CC)CCc1c(C)n[nH]c1C. The van der Waals surface area contributed by atoms with E-state index in [2.05, 4.69) is 42.8 Å². The van der Waals surface area contributed by atoms with Gasteiger partial charge in [-0.2, -0.15) is 5.10 Å². The molecule has 0 aromatic carbocycles. The topological polar surface area (TPSA) is 31.9 Å². The van der Waals surface area contributed by atoms with E-state index in [4.69, 9.17) is 0 Å². The van der Waals surface area contributed by atoms with Crippen molar-refractivity contribution in [1.29, 1.82) is 0 Å². The van der Waals surface area contributed by atoms with Gasteiger partial charge in [-0.05, 0) is 38.9 Å². The first-order chi connectivity index (χ1) is 6.69. The summed E-state index contributed by atoms with van der Waals surface area (Å²) < 4.78 is 0. The van der Waals surface area contributed by atoms with Gasteiger partial charge in [-0.3, -0.25) is 5.10 Å². The molecule has 80 valence electrons. The Balaban J connectivity index is 2.52. The first kappa shape index (κ1) is 11.2. The van der Waals surface area contributed by atoms with Gasteiger partial charge in [0.1, 0.15) is 0 Å². The van der Waals surface area contributed by atoms with Crippen LogP contribution in [0.5, 0.6) is 0 Å². The summed E-state index contributed by atoms with van der Waals surface area (Å²) in [5, 5.41) is 7.23. The molecule has 3 nitrogen and oxygen atoms in total. The summed E-state index contributed by atoms with van der Waals surface area (Å²) in [5.41, 5.74) is 3.75. The molecule has 1 aromatic heterocycles. The van der Waals surface area contributed by atoms with Crippen LogP contribution in [0.2, 0.25) is 0 Å². The Morgan fingerprint density at radius 3 is 2.29 bits per heavy atom. The predicted molar refractivity (Wildman–Crippen MR) is 59.6 cm³/mol. The van der Waals surface area contributed by atoms with Crippen LogP contribution in [0, 0.1) is 13.8 Å². The molecule has 0 saturated carbocycles. The van der Waals surface area contributed by atoms with E-state index in [1.807, 2.05) is 0 Å². The third-order valence-electron chi connectivity index (χ3n) is 2.85. The van der Waals surface area contributed by atoms with Crippen LogP contribution in [0.3, 0.4) is 0 Å². The molecule has 0 radical (unpaired) electrons. The lowest BCUT2D eigenvalue weighted by atomic mass is 10.1. The number of H-pyrrole nitrogens is 1. The minimum atomic E-state index is 1.11. The molecule has 1 aromatic rings. The van der Waals surface area contributed by atoms with Crippen LogP contribution < -0.4 is 0 Å². The number of rotatable bonds is 5. The zero-order valence-electron chi connectivity index (χ0n) is 9.72. The molecule has 0 bridgehead atoms. The summed E-state index contributed by atoms with van der Waals surface area (Å²) in [7, 11) is 0. The highest BCUT2D eigenvalue weighted by atomic mass is 15.1. The highest BCUT2D eigenvalue weighted by Gasteiger charge is 2.07. The van der Waals surface area contributed by atoms with Gasteiger partial charge in [-0.25, -0.2) is 0 Å². The summed E-state index contributed by atoms with van der Waals surface area (Å²) in [6, 6.07) is 0. The minimum absolute atomic E-state index is 1.11. The van der Waals surface area contributed by atoms with E-state index in [1.165, 1.54) is 11.3 Å². The number of nitrogens with one attached hydrogen (secondary N) is 1. The average molecular weight is 195 g/mol. The van der Waals surface area contributed by atoms with Gasteiger partial charge in [0.05, 0.1) is 5.69 Å². The molecule has 0 aliphatic heterocycles. The van der Waals surface area contributed by atoms with Gasteiger partial charge in [-0.15, -0.1) is 0 Å². The second kappa shape index (κ2) is 5.15. The molecule has 14 heavy (non-hydrogen) atoms. The second-order valence-electron chi connectivity index (χ2n) is 3.69. The molecule has 1 N–H and O–H groups in total. The number of likely N-dealkylation sites (N-methyl/N-ethyl adjacent to an activating group) is 1. The van der Waals surface area contributed by atoms with Gasteiger partial charge < -0.3 is 4.90 Å². The van der Waals surface area contributed by atoms with E-state index < -0.39 is 0 Å². The summed E-state index contributed by atoms with van der Waals surface area (Å²) in [5.74, 6) is 0. The zero-order chi connectivity index (χ0) is 10.6. The first-order valence-electron chi connectivity index (χ1n) is 5.41. The number of nitrogens with zero attached hydrogens (tertiary/aromatic N) is 2. The molecule has 3 heteroatoms. The van der Waals surface area contributed by atoms with E-state index in [0.29, 0.717) is 0 Å². The maximum Gasteiger partial charge on any atom is 0.0626 e. The van der Waals surface area contributed by atoms with Gasteiger partial charge in [0.2, 0.25) is 0 Å². The van der Waals surface area contributed by atoms with E-state index in [1.54, 1.807) is 0 Å². The van der Waals surface area contributed by atoms with Crippen LogP contribution in [-0.4, -0.2) is 34.7 Å². The molecular weight excluding hydrogens is 174 g/mol. The van der Waals surface area contributed by atoms with Crippen molar-refractivity contribution in [2.45, 2.75) is 34.1 Å². The minimum Gasteiger partial charge on any atom is -0.304 e. The van der Waals surface area contributed by atoms with Gasteiger partial charge in [-0.1, -0.05) is 13.8 Å². The Labute approximate surface area is 86.5 Å². The van der Waals surface area contributed by atoms with Crippen LogP contribution in [0.15, 0.2) is 0 Å². The first-order valence-corrected chi connectivity index (χ1v) is 5.41. The normalized spacial score (nSPS) is 11.2. The molecule has 0 aliphatic rings. The van der Waals surface area contributed by atoms with Crippen molar-refractivity contribution in [2.75, 3.05) is 19.6 Å². The fourth-order valence-electron chi connectivity index (χ4n) is 1.75. The number of hydrogen-bond donors (Lipinski definition) is 1. The molecule has 1 heterocycles. The molecular formula is C11H21N3. The standard InChI is InChI=1S/C11H21N3/c1-5-14(6-2)8-7-11-9(3)12-13-10(11)4/h5-8H2,1-4H3,(H,12,13). The van der Waals surface area contributed by atoms with E-state index >= 15 is 0 Å². The average Bonchev–Trinajstić information content (AvgIpc) is 2.50. The van der Waals surface area contributed by atoms with Crippen molar-refractivity contribution in [3.8, 4) is 0 Å². The fraction of sp³-hybridized carbons (Fsp3) is 0.727. The number of hydrogen-bond acceptors (Lipinski definition) is 2. The molecule has 0 fully saturated rings. The number of aromatic nitrogens is 2. The molecule has 0 amide bonds. The maximum absolute atomic E-state index is 4.20. The Bertz CT molecular complexity index is 255. The van der Waals surface area contributed by atoms with Crippen molar-refractivity contribution in [1.82, 2.24) is 15.1 Å². The molecule has 0 spiro atoms. The van der Waals surface area contributed by atoms with Gasteiger partial charge in [0.15, 0.2) is 0 Å². The summed E-state index contributed by atoms with van der Waals surface area (Å²) in [6.07, 6.45) is 1.11. The third-order valence-corrected chi connectivity index (χ3v) is 2.85. The summed E-state index contributed by atoms with van der Waals surface area (Å²) >= 11 is 0. The van der Waals surface area contributed by atoms with Crippen molar-refractivity contribution >= 4 is 0 Å². The van der Waals surface area contributed by atoms with E-state index in [0.717, 1.165) is 31.7 Å². The quantitative estimate of drug-likeness (QED) is 0.778. The number of aryl methyl sites for hydroxylation is 2. The van der Waals surface area contributed by atoms with E-state index in [9.17, 15) is 0 Å². The predicted octanol–water partition coefficient (Wildman–Crippen LogP) is 1.91. The van der Waals surface area contributed by atoms with Crippen LogP contribution >= 0.6 is 0 Å². The van der Waals surface area contributed by atoms with Crippen molar-refractivity contribution < 1.29 is 0 Å². The highest BCUT2D eigenvalue weighted by molar-refractivity contribution is 5.23. The molecule has 1 rings (SSSR count). The zero-order valence-corrected chi connectivity index (χ0v) is 9.72. The van der Waals surface area contributed by atoms with Crippen molar-refractivity contribution in [3.63, 3.8) is 0 Å². The Morgan fingerprint density at radius 2 is 1.86 bits per heavy atom.